The quantitative estimate of drug-likeness (QED) is 0.588. The number of likely N-dealkylation sites (tertiary alicyclic amines) is 1. The van der Waals surface area contributed by atoms with E-state index < -0.39 is 46.5 Å². The average Bonchev–Trinajstić information content (AvgIpc) is 2.45. The maximum Gasteiger partial charge on any atom is 0.410 e. The molecular weight excluding hydrogens is 341 g/mol. The van der Waals surface area contributed by atoms with Crippen LogP contribution in [0.3, 0.4) is 0 Å². The first kappa shape index (κ1) is 19.0. The third kappa shape index (κ3) is 4.40. The Hall–Kier alpha value is -2.32. The third-order valence-electron chi connectivity index (χ3n) is 3.82. The second-order valence-electron chi connectivity index (χ2n) is 6.97. The highest BCUT2D eigenvalue weighted by molar-refractivity contribution is 5.68. The van der Waals surface area contributed by atoms with Gasteiger partial charge in [0.1, 0.15) is 11.4 Å². The van der Waals surface area contributed by atoms with Gasteiger partial charge in [-0.1, -0.05) is 0 Å². The van der Waals surface area contributed by atoms with Crippen molar-refractivity contribution in [3.05, 3.63) is 39.7 Å². The number of ether oxygens (including phenoxy) is 1. The van der Waals surface area contributed by atoms with Gasteiger partial charge in [0, 0.05) is 12.6 Å². The normalized spacial score (nSPS) is 20.2. The number of carbonyl (C=O) groups excluding carboxylic acids is 1. The van der Waals surface area contributed by atoms with Crippen LogP contribution in [0.1, 0.15) is 38.7 Å². The molecule has 0 aromatic heterocycles. The minimum atomic E-state index is -3.38. The van der Waals surface area contributed by atoms with Gasteiger partial charge in [0.15, 0.2) is 0 Å². The van der Waals surface area contributed by atoms with Crippen LogP contribution in [0.15, 0.2) is 18.2 Å². The molecule has 0 unspecified atom stereocenters. The van der Waals surface area contributed by atoms with Crippen molar-refractivity contribution in [2.24, 2.45) is 0 Å². The van der Waals surface area contributed by atoms with E-state index in [1.807, 2.05) is 0 Å². The predicted octanol–water partition coefficient (Wildman–Crippen LogP) is 4.09. The van der Waals surface area contributed by atoms with Crippen LogP contribution in [0.5, 0.6) is 0 Å². The number of nitrogens with zero attached hydrogens (tertiary/aromatic N) is 2. The highest BCUT2D eigenvalue weighted by atomic mass is 19.3. The van der Waals surface area contributed by atoms with E-state index >= 15 is 0 Å². The molecule has 138 valence electrons. The van der Waals surface area contributed by atoms with E-state index in [0.717, 1.165) is 17.0 Å². The van der Waals surface area contributed by atoms with Crippen molar-refractivity contribution in [1.82, 2.24) is 4.90 Å². The second kappa shape index (κ2) is 6.53. The Morgan fingerprint density at radius 2 is 2.04 bits per heavy atom. The Bertz CT molecular complexity index is 688. The Morgan fingerprint density at radius 3 is 2.52 bits per heavy atom. The van der Waals surface area contributed by atoms with Crippen molar-refractivity contribution in [3.63, 3.8) is 0 Å². The molecule has 6 nitrogen and oxygen atoms in total. The van der Waals surface area contributed by atoms with Crippen molar-refractivity contribution < 1.29 is 27.6 Å². The highest BCUT2D eigenvalue weighted by Crippen LogP contribution is 2.42. The zero-order chi connectivity index (χ0) is 19.0. The molecule has 0 saturated carbocycles. The van der Waals surface area contributed by atoms with Gasteiger partial charge in [0.2, 0.25) is 0 Å². The van der Waals surface area contributed by atoms with E-state index in [1.54, 1.807) is 20.8 Å². The number of benzene rings is 1. The predicted molar refractivity (Wildman–Crippen MR) is 83.2 cm³/mol. The molecule has 1 atom stereocenters. The fourth-order valence-corrected chi connectivity index (χ4v) is 2.72. The number of halogens is 3. The first-order valence-electron chi connectivity index (χ1n) is 7.70. The summed E-state index contributed by atoms with van der Waals surface area (Å²) in [6.07, 6.45) is -1.03. The summed E-state index contributed by atoms with van der Waals surface area (Å²) in [6.45, 7) is 3.96. The molecular formula is C16H19F3N2O4. The molecule has 1 aliphatic heterocycles. The van der Waals surface area contributed by atoms with Gasteiger partial charge in [0.25, 0.3) is 11.6 Å². The number of hydrogen-bond donors (Lipinski definition) is 0. The van der Waals surface area contributed by atoms with Gasteiger partial charge in [-0.05, 0) is 38.8 Å². The summed E-state index contributed by atoms with van der Waals surface area (Å²) in [4.78, 5) is 22.7. The first-order valence-corrected chi connectivity index (χ1v) is 7.70. The smallest absolute Gasteiger partial charge is 0.410 e. The molecule has 1 saturated heterocycles. The fraction of sp³-hybridized carbons (Fsp3) is 0.562. The van der Waals surface area contributed by atoms with E-state index in [4.69, 9.17) is 4.74 Å². The largest absolute Gasteiger partial charge is 0.444 e. The van der Waals surface area contributed by atoms with Crippen LogP contribution in [0.2, 0.25) is 0 Å². The maximum atomic E-state index is 14.5. The lowest BCUT2D eigenvalue weighted by molar-refractivity contribution is -0.385. The Labute approximate surface area is 142 Å². The van der Waals surface area contributed by atoms with Crippen LogP contribution in [0.4, 0.5) is 23.7 Å². The summed E-state index contributed by atoms with van der Waals surface area (Å²) in [5, 5.41) is 10.6. The van der Waals surface area contributed by atoms with E-state index in [-0.39, 0.29) is 18.5 Å². The summed E-state index contributed by atoms with van der Waals surface area (Å²) in [5.41, 5.74) is -1.61. The number of non-ortho nitro benzene ring substituents is 1. The molecule has 1 aromatic carbocycles. The van der Waals surface area contributed by atoms with Crippen LogP contribution in [0, 0.1) is 15.9 Å². The molecule has 1 aromatic rings. The molecule has 25 heavy (non-hydrogen) atoms. The van der Waals surface area contributed by atoms with Gasteiger partial charge in [-0.25, -0.2) is 18.0 Å². The molecule has 0 aliphatic carbocycles. The molecule has 0 radical (unpaired) electrons. The van der Waals surface area contributed by atoms with Crippen molar-refractivity contribution in [3.8, 4) is 0 Å². The molecule has 0 bridgehead atoms. The van der Waals surface area contributed by atoms with Crippen LogP contribution >= 0.6 is 0 Å². The van der Waals surface area contributed by atoms with E-state index in [0.29, 0.717) is 6.07 Å². The number of nitro benzene ring substituents is 1. The molecule has 1 aliphatic rings. The number of nitro groups is 1. The van der Waals surface area contributed by atoms with Gasteiger partial charge in [-0.15, -0.1) is 0 Å². The zero-order valence-corrected chi connectivity index (χ0v) is 14.1. The molecule has 1 heterocycles. The number of carbonyl (C=O) groups is 1. The number of alkyl halides is 2. The van der Waals surface area contributed by atoms with Crippen molar-refractivity contribution in [2.45, 2.75) is 44.6 Å². The molecule has 0 N–H and O–H groups in total. The SMILES string of the molecule is CC(C)(C)OC(=O)N1CC[C@@H](c2ccc([N+](=O)[O-])cc2F)C(F)(F)C1. The van der Waals surface area contributed by atoms with Crippen LogP contribution < -0.4 is 0 Å². The lowest BCUT2D eigenvalue weighted by Crippen LogP contribution is -2.51. The van der Waals surface area contributed by atoms with Gasteiger partial charge in [-0.2, -0.15) is 0 Å². The third-order valence-corrected chi connectivity index (χ3v) is 3.82. The summed E-state index contributed by atoms with van der Waals surface area (Å²) in [7, 11) is 0. The highest BCUT2D eigenvalue weighted by Gasteiger charge is 2.48. The van der Waals surface area contributed by atoms with Crippen molar-refractivity contribution >= 4 is 11.8 Å². The van der Waals surface area contributed by atoms with Gasteiger partial charge in [-0.3, -0.25) is 10.1 Å². The van der Waals surface area contributed by atoms with Gasteiger partial charge >= 0.3 is 6.09 Å². The molecule has 2 rings (SSSR count). The number of amides is 1. The maximum absolute atomic E-state index is 14.5. The average molecular weight is 360 g/mol. The fourth-order valence-electron chi connectivity index (χ4n) is 2.72. The minimum absolute atomic E-state index is 0.0222. The summed E-state index contributed by atoms with van der Waals surface area (Å²) < 4.78 is 48.1. The van der Waals surface area contributed by atoms with E-state index in [2.05, 4.69) is 0 Å². The minimum Gasteiger partial charge on any atom is -0.444 e. The summed E-state index contributed by atoms with van der Waals surface area (Å²) >= 11 is 0. The lowest BCUT2D eigenvalue weighted by atomic mass is 9.86. The standard InChI is InChI=1S/C16H19F3N2O4/c1-15(2,3)25-14(22)20-7-6-12(16(18,19)9-20)11-5-4-10(21(23)24)8-13(11)17/h4-5,8,12H,6-7,9H2,1-3H3/t12-/m0/s1. The van der Waals surface area contributed by atoms with E-state index in [9.17, 15) is 28.1 Å². The number of rotatable bonds is 2. The van der Waals surface area contributed by atoms with Gasteiger partial charge < -0.3 is 9.64 Å². The number of hydrogen-bond acceptors (Lipinski definition) is 4. The van der Waals surface area contributed by atoms with Crippen molar-refractivity contribution in [1.29, 1.82) is 0 Å². The molecule has 9 heteroatoms. The first-order chi connectivity index (χ1) is 11.4. The molecule has 1 amide bonds. The van der Waals surface area contributed by atoms with E-state index in [1.165, 1.54) is 0 Å². The van der Waals surface area contributed by atoms with Crippen LogP contribution in [-0.4, -0.2) is 40.5 Å². The Balaban J connectivity index is 2.19. The molecule has 1 fully saturated rings. The van der Waals surface area contributed by atoms with Crippen LogP contribution in [0.25, 0.3) is 0 Å². The Kier molecular flexibility index (Phi) is 4.97. The summed E-state index contributed by atoms with van der Waals surface area (Å²) in [6, 6.07) is 2.63. The van der Waals surface area contributed by atoms with Crippen molar-refractivity contribution in [2.75, 3.05) is 13.1 Å². The lowest BCUT2D eigenvalue weighted by Gasteiger charge is -2.39. The second-order valence-corrected chi connectivity index (χ2v) is 6.97. The molecule has 0 spiro atoms. The van der Waals surface area contributed by atoms with Gasteiger partial charge in [0.05, 0.1) is 23.5 Å². The topological polar surface area (TPSA) is 72.7 Å². The summed E-state index contributed by atoms with van der Waals surface area (Å²) in [5.74, 6) is -5.90. The monoisotopic (exact) mass is 360 g/mol. The Morgan fingerprint density at radius 1 is 1.40 bits per heavy atom. The van der Waals surface area contributed by atoms with Crippen LogP contribution in [-0.2, 0) is 4.74 Å². The number of piperidine rings is 1. The zero-order valence-electron chi connectivity index (χ0n) is 14.1.